The highest BCUT2D eigenvalue weighted by molar-refractivity contribution is 14.0. The predicted octanol–water partition coefficient (Wildman–Crippen LogP) is 1.31. The maximum atomic E-state index is 13.4. The largest absolute Gasteiger partial charge is 0.379 e. The number of nitrogens with one attached hydrogen (secondary N) is 3. The van der Waals surface area contributed by atoms with E-state index in [1.807, 2.05) is 0 Å². The lowest BCUT2D eigenvalue weighted by molar-refractivity contribution is 0.0170. The zero-order chi connectivity index (χ0) is 21.5. The predicted molar refractivity (Wildman–Crippen MR) is 128 cm³/mol. The second-order valence-corrected chi connectivity index (χ2v) is 9.53. The topological polar surface area (TPSA) is 95.1 Å². The first-order valence-electron chi connectivity index (χ1n) is 9.60. The number of rotatable bonds is 8. The average Bonchev–Trinajstić information content (AvgIpc) is 2.64. The van der Waals surface area contributed by atoms with Crippen molar-refractivity contribution in [2.75, 3.05) is 52.7 Å². The minimum atomic E-state index is -3.32. The second-order valence-electron chi connectivity index (χ2n) is 7.78. The fourth-order valence-electron chi connectivity index (χ4n) is 3.29. The summed E-state index contributed by atoms with van der Waals surface area (Å²) in [6, 6.07) is 6.56. The lowest BCUT2D eigenvalue weighted by Gasteiger charge is -2.35. The Hall–Kier alpha value is -1.02. The maximum absolute atomic E-state index is 13.4. The Morgan fingerprint density at radius 1 is 1.23 bits per heavy atom. The van der Waals surface area contributed by atoms with Crippen LogP contribution in [0.5, 0.6) is 0 Å². The van der Waals surface area contributed by atoms with E-state index in [-0.39, 0.29) is 35.8 Å². The number of hydrogen-bond donors (Lipinski definition) is 3. The highest BCUT2D eigenvalue weighted by atomic mass is 127. The minimum Gasteiger partial charge on any atom is -0.379 e. The molecule has 0 saturated carbocycles. The summed E-state index contributed by atoms with van der Waals surface area (Å²) < 4.78 is 44.4. The molecule has 1 aromatic carbocycles. The van der Waals surface area contributed by atoms with Crippen molar-refractivity contribution in [1.82, 2.24) is 20.3 Å². The van der Waals surface area contributed by atoms with Crippen molar-refractivity contribution in [2.45, 2.75) is 25.4 Å². The third-order valence-electron chi connectivity index (χ3n) is 4.59. The van der Waals surface area contributed by atoms with Gasteiger partial charge in [0.2, 0.25) is 10.0 Å². The van der Waals surface area contributed by atoms with Crippen LogP contribution >= 0.6 is 24.0 Å². The molecule has 3 N–H and O–H groups in total. The van der Waals surface area contributed by atoms with E-state index in [4.69, 9.17) is 4.74 Å². The molecule has 2 rings (SSSR count). The normalized spacial score (nSPS) is 17.2. The maximum Gasteiger partial charge on any atom is 0.209 e. The first-order chi connectivity index (χ1) is 13.6. The van der Waals surface area contributed by atoms with Crippen LogP contribution in [-0.4, -0.2) is 77.5 Å². The molecule has 172 valence electrons. The molecule has 1 fully saturated rings. The van der Waals surface area contributed by atoms with E-state index < -0.39 is 15.6 Å². The highest BCUT2D eigenvalue weighted by Gasteiger charge is 2.24. The number of morpholine rings is 1. The zero-order valence-corrected chi connectivity index (χ0v) is 21.1. The van der Waals surface area contributed by atoms with Crippen molar-refractivity contribution < 1.29 is 17.5 Å². The zero-order valence-electron chi connectivity index (χ0n) is 17.9. The molecule has 30 heavy (non-hydrogen) atoms. The van der Waals surface area contributed by atoms with Gasteiger partial charge in [0.15, 0.2) is 5.96 Å². The summed E-state index contributed by atoms with van der Waals surface area (Å²) in [4.78, 5) is 6.52. The molecule has 0 aromatic heterocycles. The van der Waals surface area contributed by atoms with Crippen molar-refractivity contribution in [1.29, 1.82) is 0 Å². The molecule has 1 saturated heterocycles. The molecule has 1 unspecified atom stereocenters. The van der Waals surface area contributed by atoms with Gasteiger partial charge in [0.05, 0.1) is 25.5 Å². The number of halogens is 2. The summed E-state index contributed by atoms with van der Waals surface area (Å²) in [7, 11) is -1.65. The first-order valence-corrected chi connectivity index (χ1v) is 11.5. The summed E-state index contributed by atoms with van der Waals surface area (Å²) in [6.07, 6.45) is 1.14. The van der Waals surface area contributed by atoms with E-state index in [9.17, 15) is 12.8 Å². The molecule has 0 bridgehead atoms. The van der Waals surface area contributed by atoms with Crippen LogP contribution in [0.25, 0.3) is 0 Å². The van der Waals surface area contributed by atoms with Crippen molar-refractivity contribution in [2.24, 2.45) is 4.99 Å². The van der Waals surface area contributed by atoms with Crippen molar-refractivity contribution >= 4 is 40.0 Å². The fourth-order valence-corrected chi connectivity index (χ4v) is 4.36. The SMILES string of the molecule is CN=C(NCC(c1ccc(F)cc1)N1CCOCC1)NCC(C)(C)NS(C)(=O)=O.I. The molecule has 1 aromatic rings. The van der Waals surface area contributed by atoms with Gasteiger partial charge in [0, 0.05) is 38.8 Å². The Morgan fingerprint density at radius 3 is 2.37 bits per heavy atom. The van der Waals surface area contributed by atoms with E-state index in [0.717, 1.165) is 24.9 Å². The Kier molecular flexibility index (Phi) is 10.9. The number of nitrogens with zero attached hydrogens (tertiary/aromatic N) is 2. The molecule has 0 amide bonds. The third-order valence-corrected chi connectivity index (χ3v) is 5.51. The van der Waals surface area contributed by atoms with Gasteiger partial charge in [0.1, 0.15) is 5.82 Å². The number of aliphatic imine (C=N–C) groups is 1. The molecular weight excluding hydrogens is 524 g/mol. The van der Waals surface area contributed by atoms with Crippen molar-refractivity contribution in [3.63, 3.8) is 0 Å². The minimum absolute atomic E-state index is 0. The molecule has 0 aliphatic carbocycles. The van der Waals surface area contributed by atoms with Gasteiger partial charge in [-0.2, -0.15) is 0 Å². The average molecular weight is 557 g/mol. The second kappa shape index (κ2) is 12.1. The van der Waals surface area contributed by atoms with Crippen LogP contribution in [-0.2, 0) is 14.8 Å². The van der Waals surface area contributed by atoms with Gasteiger partial charge in [-0.25, -0.2) is 17.5 Å². The van der Waals surface area contributed by atoms with Crippen molar-refractivity contribution in [3.8, 4) is 0 Å². The van der Waals surface area contributed by atoms with Crippen LogP contribution in [0, 0.1) is 5.82 Å². The van der Waals surface area contributed by atoms with Gasteiger partial charge in [-0.1, -0.05) is 12.1 Å². The molecule has 1 aliphatic heterocycles. The molecule has 1 atom stereocenters. The molecule has 1 aliphatic rings. The van der Waals surface area contributed by atoms with Crippen LogP contribution in [0.3, 0.4) is 0 Å². The number of ether oxygens (including phenoxy) is 1. The van der Waals surface area contributed by atoms with Gasteiger partial charge in [0.25, 0.3) is 0 Å². The quantitative estimate of drug-likeness (QED) is 0.254. The Morgan fingerprint density at radius 2 is 1.83 bits per heavy atom. The van der Waals surface area contributed by atoms with Gasteiger partial charge < -0.3 is 15.4 Å². The Bertz CT molecular complexity index is 784. The first kappa shape index (κ1) is 27.0. The highest BCUT2D eigenvalue weighted by Crippen LogP contribution is 2.21. The smallest absolute Gasteiger partial charge is 0.209 e. The molecular formula is C19H33FIN5O3S. The van der Waals surface area contributed by atoms with E-state index in [0.29, 0.717) is 32.3 Å². The van der Waals surface area contributed by atoms with Crippen LogP contribution in [0.15, 0.2) is 29.3 Å². The summed E-state index contributed by atoms with van der Waals surface area (Å²) in [5.74, 6) is 0.300. The van der Waals surface area contributed by atoms with Crippen LogP contribution in [0.1, 0.15) is 25.5 Å². The Labute approximate surface area is 196 Å². The van der Waals surface area contributed by atoms with E-state index in [2.05, 4.69) is 25.2 Å². The summed E-state index contributed by atoms with van der Waals surface area (Å²) in [6.45, 7) is 7.42. The van der Waals surface area contributed by atoms with Gasteiger partial charge >= 0.3 is 0 Å². The molecule has 1 heterocycles. The van der Waals surface area contributed by atoms with E-state index in [1.165, 1.54) is 12.1 Å². The van der Waals surface area contributed by atoms with Crippen molar-refractivity contribution in [3.05, 3.63) is 35.6 Å². The molecule has 11 heteroatoms. The van der Waals surface area contributed by atoms with Gasteiger partial charge in [-0.05, 0) is 31.5 Å². The molecule has 0 spiro atoms. The standard InChI is InChI=1S/C19H32FN5O3S.HI/c1-19(2,24-29(4,26)27)14-23-18(21-3)22-13-17(25-9-11-28-12-10-25)15-5-7-16(20)8-6-15;/h5-8,17,24H,9-14H2,1-4H3,(H2,21,22,23);1H. The number of benzene rings is 1. The lowest BCUT2D eigenvalue weighted by Crippen LogP contribution is -2.53. The molecule has 0 radical (unpaired) electrons. The number of hydrogen-bond acceptors (Lipinski definition) is 5. The lowest BCUT2D eigenvalue weighted by atomic mass is 10.0. The fraction of sp³-hybridized carbons (Fsp3) is 0.632. The van der Waals surface area contributed by atoms with E-state index in [1.54, 1.807) is 33.0 Å². The van der Waals surface area contributed by atoms with Gasteiger partial charge in [-0.3, -0.25) is 9.89 Å². The third kappa shape index (κ3) is 9.41. The Balaban J connectivity index is 0.00000450. The number of sulfonamides is 1. The monoisotopic (exact) mass is 557 g/mol. The van der Waals surface area contributed by atoms with Crippen LogP contribution < -0.4 is 15.4 Å². The van der Waals surface area contributed by atoms with Crippen LogP contribution in [0.2, 0.25) is 0 Å². The summed E-state index contributed by atoms with van der Waals surface area (Å²) in [5, 5.41) is 6.46. The van der Waals surface area contributed by atoms with Gasteiger partial charge in [-0.15, -0.1) is 24.0 Å². The summed E-state index contributed by atoms with van der Waals surface area (Å²) in [5.41, 5.74) is 0.335. The van der Waals surface area contributed by atoms with Crippen LogP contribution in [0.4, 0.5) is 4.39 Å². The summed E-state index contributed by atoms with van der Waals surface area (Å²) >= 11 is 0. The van der Waals surface area contributed by atoms with E-state index >= 15 is 0 Å². The molecule has 8 nitrogen and oxygen atoms in total. The number of guanidine groups is 1.